The molecule has 2 N–H and O–H groups in total. The molecule has 1 aromatic heterocycles. The molecule has 8 heteroatoms. The summed E-state index contributed by atoms with van der Waals surface area (Å²) in [5.41, 5.74) is 1.38. The van der Waals surface area contributed by atoms with Gasteiger partial charge in [0.15, 0.2) is 0 Å². The Bertz CT molecular complexity index is 1120. The molecule has 0 saturated carbocycles. The van der Waals surface area contributed by atoms with Gasteiger partial charge in [0, 0.05) is 32.6 Å². The second-order valence-corrected chi connectivity index (χ2v) is 7.46. The summed E-state index contributed by atoms with van der Waals surface area (Å²) < 4.78 is 18.4. The molecule has 3 rings (SSSR count). The first-order chi connectivity index (χ1) is 15.0. The molecule has 0 saturated heterocycles. The Morgan fingerprint density at radius 2 is 1.77 bits per heavy atom. The third-order valence-corrected chi connectivity index (χ3v) is 5.28. The molecule has 31 heavy (non-hydrogen) atoms. The van der Waals surface area contributed by atoms with Crippen LogP contribution >= 0.6 is 11.3 Å². The highest BCUT2D eigenvalue weighted by Gasteiger charge is 2.09. The molecule has 0 aliphatic rings. The topological polar surface area (TPSA) is 84.5 Å². The van der Waals surface area contributed by atoms with Gasteiger partial charge >= 0.3 is 5.97 Å². The summed E-state index contributed by atoms with van der Waals surface area (Å²) in [6.07, 6.45) is 3.03. The molecule has 0 atom stereocenters. The van der Waals surface area contributed by atoms with Gasteiger partial charge in [-0.3, -0.25) is 14.4 Å². The van der Waals surface area contributed by atoms with E-state index < -0.39 is 11.9 Å². The molecule has 2 aromatic carbocycles. The maximum atomic E-state index is 13.9. The summed E-state index contributed by atoms with van der Waals surface area (Å²) >= 11 is 1.38. The highest BCUT2D eigenvalue weighted by molar-refractivity contribution is 7.16. The summed E-state index contributed by atoms with van der Waals surface area (Å²) in [6, 6.07) is 16.4. The van der Waals surface area contributed by atoms with E-state index in [1.807, 2.05) is 12.1 Å². The second-order valence-electron chi connectivity index (χ2n) is 6.34. The van der Waals surface area contributed by atoms with Crippen LogP contribution in [0.3, 0.4) is 0 Å². The lowest BCUT2D eigenvalue weighted by Crippen LogP contribution is -2.30. The number of esters is 1. The van der Waals surface area contributed by atoms with E-state index >= 15 is 0 Å². The molecule has 2 amide bonds. The van der Waals surface area contributed by atoms with Crippen LogP contribution in [0.15, 0.2) is 66.7 Å². The molecule has 0 fully saturated rings. The van der Waals surface area contributed by atoms with Gasteiger partial charge in [0.2, 0.25) is 5.91 Å². The Morgan fingerprint density at radius 3 is 2.48 bits per heavy atom. The molecule has 6 nitrogen and oxygen atoms in total. The Morgan fingerprint density at radius 1 is 1.03 bits per heavy atom. The van der Waals surface area contributed by atoms with Crippen LogP contribution in [0.2, 0.25) is 0 Å². The van der Waals surface area contributed by atoms with Crippen molar-refractivity contribution in [1.29, 1.82) is 0 Å². The van der Waals surface area contributed by atoms with Gasteiger partial charge in [-0.15, -0.1) is 11.3 Å². The van der Waals surface area contributed by atoms with Crippen LogP contribution in [0.25, 0.3) is 16.5 Å². The van der Waals surface area contributed by atoms with Crippen molar-refractivity contribution in [2.45, 2.75) is 0 Å². The molecule has 1 heterocycles. The monoisotopic (exact) mass is 438 g/mol. The Hall–Kier alpha value is -3.78. The summed E-state index contributed by atoms with van der Waals surface area (Å²) in [5.74, 6) is -1.61. The number of benzene rings is 2. The van der Waals surface area contributed by atoms with Crippen molar-refractivity contribution in [2.24, 2.45) is 0 Å². The number of ether oxygens (including phenoxy) is 1. The zero-order valence-electron chi connectivity index (χ0n) is 16.6. The van der Waals surface area contributed by atoms with E-state index in [0.717, 1.165) is 9.75 Å². The van der Waals surface area contributed by atoms with E-state index in [-0.39, 0.29) is 18.3 Å². The Labute approximate surface area is 182 Å². The quantitative estimate of drug-likeness (QED) is 0.430. The maximum Gasteiger partial charge on any atom is 0.325 e. The average molecular weight is 438 g/mol. The van der Waals surface area contributed by atoms with Gasteiger partial charge in [0.05, 0.1) is 7.11 Å². The average Bonchev–Trinajstić information content (AvgIpc) is 3.25. The van der Waals surface area contributed by atoms with Crippen LogP contribution in [0, 0.1) is 5.82 Å². The minimum Gasteiger partial charge on any atom is -0.468 e. The number of anilines is 1. The number of carbonyl (C=O) groups excluding carboxylic acids is 3. The van der Waals surface area contributed by atoms with Gasteiger partial charge in [0.1, 0.15) is 12.4 Å². The normalized spacial score (nSPS) is 10.6. The first-order valence-electron chi connectivity index (χ1n) is 9.25. The number of halogens is 1. The van der Waals surface area contributed by atoms with Gasteiger partial charge in [-0.05, 0) is 48.5 Å². The van der Waals surface area contributed by atoms with E-state index in [9.17, 15) is 18.8 Å². The van der Waals surface area contributed by atoms with E-state index in [1.165, 1.54) is 42.7 Å². The third-order valence-electron chi connectivity index (χ3n) is 4.20. The molecule has 0 aliphatic carbocycles. The minimum atomic E-state index is -0.546. The van der Waals surface area contributed by atoms with Crippen LogP contribution in [0.5, 0.6) is 0 Å². The number of hydrogen-bond donors (Lipinski definition) is 2. The molecule has 0 radical (unpaired) electrons. The number of rotatable bonds is 7. The number of nitrogens with one attached hydrogen (secondary N) is 2. The van der Waals surface area contributed by atoms with Crippen LogP contribution in [-0.2, 0) is 14.3 Å². The predicted octanol–water partition coefficient (Wildman–Crippen LogP) is 4.11. The van der Waals surface area contributed by atoms with Crippen molar-refractivity contribution < 1.29 is 23.5 Å². The van der Waals surface area contributed by atoms with Crippen LogP contribution in [0.4, 0.5) is 10.1 Å². The fourth-order valence-electron chi connectivity index (χ4n) is 2.62. The van der Waals surface area contributed by atoms with Crippen molar-refractivity contribution in [3.63, 3.8) is 0 Å². The molecule has 0 unspecified atom stereocenters. The number of amides is 2. The lowest BCUT2D eigenvalue weighted by molar-refractivity contribution is -0.139. The molecule has 158 valence electrons. The molecule has 0 aliphatic heterocycles. The number of hydrogen-bond acceptors (Lipinski definition) is 5. The van der Waals surface area contributed by atoms with Crippen molar-refractivity contribution in [1.82, 2.24) is 5.32 Å². The van der Waals surface area contributed by atoms with E-state index in [2.05, 4.69) is 15.4 Å². The van der Waals surface area contributed by atoms with Crippen molar-refractivity contribution in [3.05, 3.63) is 83.0 Å². The van der Waals surface area contributed by atoms with Crippen LogP contribution in [-0.4, -0.2) is 31.4 Å². The summed E-state index contributed by atoms with van der Waals surface area (Å²) in [4.78, 5) is 36.8. The summed E-state index contributed by atoms with van der Waals surface area (Å²) in [5, 5.41) is 5.13. The van der Waals surface area contributed by atoms with Crippen molar-refractivity contribution >= 4 is 40.9 Å². The zero-order chi connectivity index (χ0) is 22.2. The zero-order valence-corrected chi connectivity index (χ0v) is 17.4. The van der Waals surface area contributed by atoms with E-state index in [0.29, 0.717) is 16.8 Å². The highest BCUT2D eigenvalue weighted by atomic mass is 32.1. The van der Waals surface area contributed by atoms with Crippen molar-refractivity contribution in [2.75, 3.05) is 19.0 Å². The second kappa shape index (κ2) is 10.3. The summed E-state index contributed by atoms with van der Waals surface area (Å²) in [7, 11) is 1.24. The van der Waals surface area contributed by atoms with Gasteiger partial charge in [-0.25, -0.2) is 4.39 Å². The van der Waals surface area contributed by atoms with E-state index in [4.69, 9.17) is 0 Å². The van der Waals surface area contributed by atoms with Gasteiger partial charge in [-0.1, -0.05) is 18.2 Å². The first-order valence-corrected chi connectivity index (χ1v) is 10.1. The maximum absolute atomic E-state index is 13.9. The predicted molar refractivity (Wildman–Crippen MR) is 118 cm³/mol. The SMILES string of the molecule is COC(=O)CNC(=O)c1ccc(NC(=O)C=Cc2ccc(-c3ccccc3F)s2)cc1. The largest absolute Gasteiger partial charge is 0.468 e. The Kier molecular flexibility index (Phi) is 7.29. The third kappa shape index (κ3) is 6.10. The lowest BCUT2D eigenvalue weighted by Gasteiger charge is -2.06. The molecule has 0 spiro atoms. The first kappa shape index (κ1) is 21.9. The highest BCUT2D eigenvalue weighted by Crippen LogP contribution is 2.30. The lowest BCUT2D eigenvalue weighted by atomic mass is 10.2. The smallest absolute Gasteiger partial charge is 0.325 e. The standard InChI is InChI=1S/C23H19FN2O4S/c1-30-22(28)14-25-23(29)15-6-8-16(9-7-15)26-21(27)13-11-17-10-12-20(31-17)18-4-2-3-5-19(18)24/h2-13H,14H2,1H3,(H,25,29)(H,26,27). The summed E-state index contributed by atoms with van der Waals surface area (Å²) in [6.45, 7) is -0.222. The molecular formula is C23H19FN2O4S. The number of thiophene rings is 1. The number of carbonyl (C=O) groups is 3. The minimum absolute atomic E-state index is 0.222. The van der Waals surface area contributed by atoms with Crippen molar-refractivity contribution in [3.8, 4) is 10.4 Å². The van der Waals surface area contributed by atoms with Gasteiger partial charge in [-0.2, -0.15) is 0 Å². The van der Waals surface area contributed by atoms with E-state index in [1.54, 1.807) is 36.4 Å². The molecular weight excluding hydrogens is 419 g/mol. The van der Waals surface area contributed by atoms with Crippen LogP contribution in [0.1, 0.15) is 15.2 Å². The fourth-order valence-corrected chi connectivity index (χ4v) is 3.56. The van der Waals surface area contributed by atoms with Gasteiger partial charge < -0.3 is 15.4 Å². The number of methoxy groups -OCH3 is 1. The Balaban J connectivity index is 1.56. The molecule has 0 bridgehead atoms. The molecule has 3 aromatic rings. The van der Waals surface area contributed by atoms with Crippen LogP contribution < -0.4 is 10.6 Å². The van der Waals surface area contributed by atoms with Gasteiger partial charge in [0.25, 0.3) is 5.91 Å². The fraction of sp³-hybridized carbons (Fsp3) is 0.0870.